The van der Waals surface area contributed by atoms with Gasteiger partial charge in [-0.3, -0.25) is 9.89 Å². The van der Waals surface area contributed by atoms with Crippen molar-refractivity contribution in [3.8, 4) is 5.75 Å². The zero-order valence-electron chi connectivity index (χ0n) is 19.8. The van der Waals surface area contributed by atoms with Crippen molar-refractivity contribution >= 4 is 22.4 Å². The summed E-state index contributed by atoms with van der Waals surface area (Å²) in [6.07, 6.45) is 2.41. The first-order valence-electron chi connectivity index (χ1n) is 11.4. The number of hydrogen-bond acceptors (Lipinski definition) is 6. The van der Waals surface area contributed by atoms with Crippen LogP contribution in [0.25, 0.3) is 16.6 Å². The highest BCUT2D eigenvalue weighted by Crippen LogP contribution is 2.39. The number of fused-ring (bicyclic) bond motifs is 1. The highest BCUT2D eigenvalue weighted by atomic mass is 19.1. The molecule has 7 nitrogen and oxygen atoms in total. The minimum absolute atomic E-state index is 0.0688. The van der Waals surface area contributed by atoms with Crippen LogP contribution in [0.3, 0.4) is 0 Å². The van der Waals surface area contributed by atoms with Crippen LogP contribution in [0.1, 0.15) is 47.8 Å². The molecule has 1 saturated heterocycles. The van der Waals surface area contributed by atoms with Crippen LogP contribution in [0.4, 0.5) is 4.39 Å². The second-order valence-corrected chi connectivity index (χ2v) is 9.33. The van der Waals surface area contributed by atoms with Gasteiger partial charge in [-0.1, -0.05) is 38.1 Å². The van der Waals surface area contributed by atoms with Gasteiger partial charge in [0.1, 0.15) is 12.3 Å². The van der Waals surface area contributed by atoms with Crippen molar-refractivity contribution in [2.45, 2.75) is 26.2 Å². The number of rotatable bonds is 8. The summed E-state index contributed by atoms with van der Waals surface area (Å²) >= 11 is 0. The Hall–Kier alpha value is -3.23. The molecule has 2 heterocycles. The highest BCUT2D eigenvalue weighted by Gasteiger charge is 2.33. The summed E-state index contributed by atoms with van der Waals surface area (Å²) in [7, 11) is 1.54. The van der Waals surface area contributed by atoms with Gasteiger partial charge in [0.15, 0.2) is 11.6 Å². The van der Waals surface area contributed by atoms with Crippen molar-refractivity contribution in [2.24, 2.45) is 11.1 Å². The lowest BCUT2D eigenvalue weighted by Crippen LogP contribution is -2.41. The van der Waals surface area contributed by atoms with Gasteiger partial charge in [-0.05, 0) is 41.5 Å². The molecular weight excluding hydrogens is 435 g/mol. The Labute approximate surface area is 198 Å². The van der Waals surface area contributed by atoms with E-state index in [9.17, 15) is 9.18 Å². The first-order valence-corrected chi connectivity index (χ1v) is 11.4. The first kappa shape index (κ1) is 23.9. The van der Waals surface area contributed by atoms with Crippen LogP contribution in [-0.4, -0.2) is 49.4 Å². The number of allylic oxidation sites excluding steroid dienone is 1. The number of halogens is 1. The largest absolute Gasteiger partial charge is 0.488 e. The number of nitrogens with two attached hydrogens (primary N) is 1. The number of carbonyl (C=O) groups is 1. The van der Waals surface area contributed by atoms with E-state index in [-0.39, 0.29) is 23.5 Å². The molecule has 1 aromatic heterocycles. The summed E-state index contributed by atoms with van der Waals surface area (Å²) < 4.78 is 24.8. The third-order valence-corrected chi connectivity index (χ3v) is 6.46. The number of carbonyl (C=O) groups excluding carboxylic acids is 1. The zero-order chi connectivity index (χ0) is 24.3. The van der Waals surface area contributed by atoms with E-state index in [4.69, 9.17) is 15.2 Å². The number of aromatic amines is 1. The summed E-state index contributed by atoms with van der Waals surface area (Å²) in [5, 5.41) is 10.7. The van der Waals surface area contributed by atoms with Crippen LogP contribution in [0.15, 0.2) is 42.5 Å². The Balaban J connectivity index is 1.52. The molecule has 4 rings (SSSR count). The lowest BCUT2D eigenvalue weighted by atomic mass is 9.71. The Morgan fingerprint density at radius 3 is 2.74 bits per heavy atom. The zero-order valence-corrected chi connectivity index (χ0v) is 19.8. The summed E-state index contributed by atoms with van der Waals surface area (Å²) in [6.45, 7) is 7.09. The fraction of sp³-hybridized carbons (Fsp3) is 0.385. The van der Waals surface area contributed by atoms with Gasteiger partial charge in [-0.25, -0.2) is 4.39 Å². The maximum Gasteiger partial charge on any atom is 0.208 e. The number of ether oxygens (including phenoxy) is 2. The maximum absolute atomic E-state index is 14.5. The molecule has 0 amide bonds. The van der Waals surface area contributed by atoms with Crippen molar-refractivity contribution < 1.29 is 18.7 Å². The van der Waals surface area contributed by atoms with E-state index in [0.717, 1.165) is 25.1 Å². The number of nitrogens with zero attached hydrogens (tertiary/aromatic N) is 1. The lowest BCUT2D eigenvalue weighted by molar-refractivity contribution is 0.104. The topological polar surface area (TPSA) is 102 Å². The molecule has 180 valence electrons. The van der Waals surface area contributed by atoms with E-state index in [1.165, 1.54) is 23.8 Å². The van der Waals surface area contributed by atoms with Crippen molar-refractivity contribution in [2.75, 3.05) is 33.4 Å². The van der Waals surface area contributed by atoms with E-state index >= 15 is 0 Å². The molecule has 1 atom stereocenters. The van der Waals surface area contributed by atoms with Gasteiger partial charge in [0.25, 0.3) is 0 Å². The molecule has 3 aromatic rings. The lowest BCUT2D eigenvalue weighted by Gasteiger charge is -2.39. The van der Waals surface area contributed by atoms with Crippen molar-refractivity contribution in [3.05, 3.63) is 65.1 Å². The minimum Gasteiger partial charge on any atom is -0.488 e. The molecule has 34 heavy (non-hydrogen) atoms. The first-order chi connectivity index (χ1) is 16.3. The van der Waals surface area contributed by atoms with Crippen LogP contribution in [0.5, 0.6) is 5.75 Å². The van der Waals surface area contributed by atoms with Crippen LogP contribution in [0.2, 0.25) is 0 Å². The predicted molar refractivity (Wildman–Crippen MR) is 130 cm³/mol. The number of ketones is 1. The molecule has 0 aliphatic carbocycles. The fourth-order valence-corrected chi connectivity index (χ4v) is 4.54. The Morgan fingerprint density at radius 1 is 1.26 bits per heavy atom. The van der Waals surface area contributed by atoms with Gasteiger partial charge in [-0.15, -0.1) is 0 Å². The molecule has 2 aromatic carbocycles. The van der Waals surface area contributed by atoms with Gasteiger partial charge in [0.2, 0.25) is 5.78 Å². The Kier molecular flexibility index (Phi) is 7.00. The molecule has 1 aliphatic heterocycles. The van der Waals surface area contributed by atoms with E-state index in [0.29, 0.717) is 29.1 Å². The monoisotopic (exact) mass is 466 g/mol. The molecule has 0 saturated carbocycles. The third kappa shape index (κ3) is 4.98. The number of piperidine rings is 1. The average Bonchev–Trinajstić information content (AvgIpc) is 3.22. The summed E-state index contributed by atoms with van der Waals surface area (Å²) in [5.41, 5.74) is 9.36. The van der Waals surface area contributed by atoms with Crippen molar-refractivity contribution in [1.82, 2.24) is 15.5 Å². The number of nitrogens with one attached hydrogen (secondary N) is 2. The average molecular weight is 467 g/mol. The molecule has 0 spiro atoms. The van der Waals surface area contributed by atoms with Crippen molar-refractivity contribution in [1.29, 1.82) is 0 Å². The van der Waals surface area contributed by atoms with Gasteiger partial charge in [-0.2, -0.15) is 5.10 Å². The molecule has 1 fully saturated rings. The molecule has 1 unspecified atom stereocenters. The molecular formula is C26H31FN4O3. The van der Waals surface area contributed by atoms with Gasteiger partial charge >= 0.3 is 0 Å². The summed E-state index contributed by atoms with van der Waals surface area (Å²) in [6, 6.07) is 10.8. The fourth-order valence-electron chi connectivity index (χ4n) is 4.54. The number of hydrogen-bond donors (Lipinski definition) is 3. The van der Waals surface area contributed by atoms with Crippen LogP contribution in [-0.2, 0) is 4.74 Å². The number of benzene rings is 2. The molecule has 0 bridgehead atoms. The molecule has 8 heteroatoms. The predicted octanol–water partition coefficient (Wildman–Crippen LogP) is 4.01. The molecule has 4 N–H and O–H groups in total. The molecule has 1 aliphatic rings. The van der Waals surface area contributed by atoms with Crippen LogP contribution in [0, 0.1) is 11.2 Å². The van der Waals surface area contributed by atoms with Crippen LogP contribution < -0.4 is 15.8 Å². The Morgan fingerprint density at radius 2 is 2.03 bits per heavy atom. The number of methoxy groups -OCH3 is 1. The van der Waals surface area contributed by atoms with E-state index in [1.54, 1.807) is 7.11 Å². The second kappa shape index (κ2) is 9.95. The standard InChI is InChI=1S/C26H31FN4O3/c1-26(2)15-29-9-8-19(26)16-4-6-17(7-5-16)21(28)13-23(32)25-18-12-20(27)24(34-11-10-33-3)14-22(18)30-31-25/h4-7,12-14,19,29H,8-11,15,28H2,1-3H3,(H,30,31). The quantitative estimate of drug-likeness (QED) is 0.263. The number of H-pyrrole nitrogens is 1. The van der Waals surface area contributed by atoms with Gasteiger partial charge < -0.3 is 20.5 Å². The number of aromatic nitrogens is 2. The van der Waals surface area contributed by atoms with Gasteiger partial charge in [0, 0.05) is 36.9 Å². The summed E-state index contributed by atoms with van der Waals surface area (Å²) in [5.74, 6) is -0.449. The smallest absolute Gasteiger partial charge is 0.208 e. The summed E-state index contributed by atoms with van der Waals surface area (Å²) in [4.78, 5) is 12.9. The maximum atomic E-state index is 14.5. The second-order valence-electron chi connectivity index (χ2n) is 9.33. The van der Waals surface area contributed by atoms with E-state index in [2.05, 4.69) is 41.5 Å². The van der Waals surface area contributed by atoms with Gasteiger partial charge in [0.05, 0.1) is 12.1 Å². The van der Waals surface area contributed by atoms with Crippen molar-refractivity contribution in [3.63, 3.8) is 0 Å². The SMILES string of the molecule is COCCOc1cc2[nH]nc(C(=O)C=C(N)c3ccc(C4CCNCC4(C)C)cc3)c2cc1F. The van der Waals surface area contributed by atoms with E-state index < -0.39 is 11.6 Å². The highest BCUT2D eigenvalue weighted by molar-refractivity contribution is 6.14. The minimum atomic E-state index is -0.576. The third-order valence-electron chi connectivity index (χ3n) is 6.46. The normalized spacial score (nSPS) is 18.2. The Bertz CT molecular complexity index is 1200. The van der Waals surface area contributed by atoms with Crippen LogP contribution >= 0.6 is 0 Å². The van der Waals surface area contributed by atoms with E-state index in [1.807, 2.05) is 12.1 Å². The molecule has 0 radical (unpaired) electrons.